The monoisotopic (exact) mass is 287 g/mol. The van der Waals surface area contributed by atoms with Crippen molar-refractivity contribution >= 4 is 16.9 Å². The predicted molar refractivity (Wildman–Crippen MR) is 82.2 cm³/mol. The molecule has 1 aromatic carbocycles. The summed E-state index contributed by atoms with van der Waals surface area (Å²) in [5, 5.41) is 16.7. The van der Waals surface area contributed by atoms with Crippen molar-refractivity contribution in [2.75, 3.05) is 13.1 Å². The highest BCUT2D eigenvalue weighted by atomic mass is 16.3. The summed E-state index contributed by atoms with van der Waals surface area (Å²) in [6.45, 7) is 0.915. The molecule has 1 fully saturated rings. The standard InChI is InChI=1S/C16H21N3O2/c20-15(19-11-16(21)7-3-8-16)17-9-6-12-10-18-14-5-2-1-4-13(12)14/h1-2,4-5,10,18,21H,3,6-9,11H2,(H2,17,19,20). The largest absolute Gasteiger partial charge is 0.388 e. The molecular weight excluding hydrogens is 266 g/mol. The molecule has 0 spiro atoms. The van der Waals surface area contributed by atoms with Crippen LogP contribution in [0.25, 0.3) is 10.9 Å². The molecule has 0 saturated heterocycles. The average molecular weight is 287 g/mol. The Morgan fingerprint density at radius 2 is 2.10 bits per heavy atom. The number of benzene rings is 1. The van der Waals surface area contributed by atoms with Gasteiger partial charge in [-0.15, -0.1) is 0 Å². The quantitative estimate of drug-likeness (QED) is 0.678. The highest BCUT2D eigenvalue weighted by molar-refractivity contribution is 5.83. The molecule has 0 unspecified atom stereocenters. The van der Waals surface area contributed by atoms with Gasteiger partial charge in [-0.3, -0.25) is 0 Å². The van der Waals surface area contributed by atoms with E-state index in [-0.39, 0.29) is 6.03 Å². The van der Waals surface area contributed by atoms with Crippen LogP contribution in [0.1, 0.15) is 24.8 Å². The summed E-state index contributed by atoms with van der Waals surface area (Å²) in [5.74, 6) is 0. The molecule has 5 heteroatoms. The number of amides is 2. The van der Waals surface area contributed by atoms with E-state index >= 15 is 0 Å². The maximum atomic E-state index is 11.7. The molecule has 5 nitrogen and oxygen atoms in total. The lowest BCUT2D eigenvalue weighted by atomic mass is 9.80. The van der Waals surface area contributed by atoms with Crippen molar-refractivity contribution in [3.05, 3.63) is 36.0 Å². The summed E-state index contributed by atoms with van der Waals surface area (Å²) >= 11 is 0. The number of rotatable bonds is 5. The van der Waals surface area contributed by atoms with Crippen molar-refractivity contribution in [2.45, 2.75) is 31.3 Å². The van der Waals surface area contributed by atoms with Crippen LogP contribution in [-0.2, 0) is 6.42 Å². The number of para-hydroxylation sites is 1. The van der Waals surface area contributed by atoms with Gasteiger partial charge in [0.2, 0.25) is 0 Å². The fourth-order valence-electron chi connectivity index (χ4n) is 2.72. The van der Waals surface area contributed by atoms with Gasteiger partial charge in [-0.05, 0) is 37.3 Å². The average Bonchev–Trinajstić information content (AvgIpc) is 2.87. The maximum Gasteiger partial charge on any atom is 0.314 e. The van der Waals surface area contributed by atoms with Crippen LogP contribution < -0.4 is 10.6 Å². The Morgan fingerprint density at radius 3 is 2.86 bits per heavy atom. The lowest BCUT2D eigenvalue weighted by Gasteiger charge is -2.36. The number of hydrogen-bond donors (Lipinski definition) is 4. The van der Waals surface area contributed by atoms with Gasteiger partial charge in [0.1, 0.15) is 0 Å². The number of aromatic nitrogens is 1. The van der Waals surface area contributed by atoms with E-state index in [1.165, 1.54) is 10.9 Å². The molecule has 112 valence electrons. The van der Waals surface area contributed by atoms with E-state index in [1.807, 2.05) is 24.4 Å². The molecule has 1 heterocycles. The Morgan fingerprint density at radius 1 is 1.29 bits per heavy atom. The van der Waals surface area contributed by atoms with Gasteiger partial charge < -0.3 is 20.7 Å². The van der Waals surface area contributed by atoms with E-state index in [0.717, 1.165) is 31.2 Å². The van der Waals surface area contributed by atoms with E-state index in [9.17, 15) is 9.90 Å². The Bertz CT molecular complexity index is 631. The predicted octanol–water partition coefficient (Wildman–Crippen LogP) is 1.92. The number of carbonyl (C=O) groups excluding carboxylic acids is 1. The van der Waals surface area contributed by atoms with Gasteiger partial charge in [0.15, 0.2) is 0 Å². The minimum atomic E-state index is -0.672. The molecule has 1 aromatic heterocycles. The number of fused-ring (bicyclic) bond motifs is 1. The third kappa shape index (κ3) is 3.19. The van der Waals surface area contributed by atoms with Gasteiger partial charge >= 0.3 is 6.03 Å². The van der Waals surface area contributed by atoms with Crippen LogP contribution in [0.5, 0.6) is 0 Å². The van der Waals surface area contributed by atoms with E-state index in [4.69, 9.17) is 0 Å². The fourth-order valence-corrected chi connectivity index (χ4v) is 2.72. The summed E-state index contributed by atoms with van der Waals surface area (Å²) < 4.78 is 0. The van der Waals surface area contributed by atoms with Crippen LogP contribution in [0.15, 0.2) is 30.5 Å². The van der Waals surface area contributed by atoms with Crippen molar-refractivity contribution in [3.8, 4) is 0 Å². The van der Waals surface area contributed by atoms with Crippen molar-refractivity contribution in [3.63, 3.8) is 0 Å². The molecular formula is C16H21N3O2. The summed E-state index contributed by atoms with van der Waals surface area (Å²) in [5.41, 5.74) is 1.64. The Kier molecular flexibility index (Phi) is 3.84. The Labute approximate surface area is 123 Å². The molecule has 0 aliphatic heterocycles. The number of urea groups is 1. The number of aromatic amines is 1. The minimum absolute atomic E-state index is 0.213. The van der Waals surface area contributed by atoms with Gasteiger partial charge in [0.25, 0.3) is 0 Å². The van der Waals surface area contributed by atoms with Gasteiger partial charge in [0.05, 0.1) is 5.60 Å². The first kappa shape index (κ1) is 13.9. The van der Waals surface area contributed by atoms with Crippen molar-refractivity contribution in [1.29, 1.82) is 0 Å². The first-order chi connectivity index (χ1) is 10.2. The van der Waals surface area contributed by atoms with Gasteiger partial charge in [-0.2, -0.15) is 0 Å². The topological polar surface area (TPSA) is 77.2 Å². The normalized spacial score (nSPS) is 16.4. The molecule has 3 rings (SSSR count). The van der Waals surface area contributed by atoms with Crippen molar-refractivity contribution in [1.82, 2.24) is 15.6 Å². The van der Waals surface area contributed by atoms with E-state index < -0.39 is 5.60 Å². The van der Waals surface area contributed by atoms with Crippen LogP contribution in [0.2, 0.25) is 0 Å². The van der Waals surface area contributed by atoms with Crippen LogP contribution in [0.3, 0.4) is 0 Å². The molecule has 2 amide bonds. The van der Waals surface area contributed by atoms with Crippen molar-refractivity contribution in [2.24, 2.45) is 0 Å². The van der Waals surface area contributed by atoms with Crippen LogP contribution in [0.4, 0.5) is 4.79 Å². The first-order valence-electron chi connectivity index (χ1n) is 7.45. The second-order valence-corrected chi connectivity index (χ2v) is 5.80. The Hall–Kier alpha value is -2.01. The van der Waals surface area contributed by atoms with E-state index in [1.54, 1.807) is 0 Å². The molecule has 1 aliphatic carbocycles. The Balaban J connectivity index is 1.44. The lowest BCUT2D eigenvalue weighted by molar-refractivity contribution is -0.0290. The highest BCUT2D eigenvalue weighted by Gasteiger charge is 2.34. The molecule has 0 radical (unpaired) electrons. The first-order valence-corrected chi connectivity index (χ1v) is 7.45. The van der Waals surface area contributed by atoms with Crippen LogP contribution in [0, 0.1) is 0 Å². The summed E-state index contributed by atoms with van der Waals surface area (Å²) in [6, 6.07) is 7.92. The molecule has 1 saturated carbocycles. The third-order valence-corrected chi connectivity index (χ3v) is 4.22. The highest BCUT2D eigenvalue weighted by Crippen LogP contribution is 2.30. The van der Waals surface area contributed by atoms with Crippen molar-refractivity contribution < 1.29 is 9.90 Å². The summed E-state index contributed by atoms with van der Waals surface area (Å²) in [6.07, 6.45) is 5.37. The number of carbonyl (C=O) groups is 1. The maximum absolute atomic E-state index is 11.7. The molecule has 1 aliphatic rings. The minimum Gasteiger partial charge on any atom is -0.388 e. The van der Waals surface area contributed by atoms with Crippen LogP contribution >= 0.6 is 0 Å². The molecule has 21 heavy (non-hydrogen) atoms. The smallest absolute Gasteiger partial charge is 0.314 e. The van der Waals surface area contributed by atoms with Gasteiger partial charge in [0, 0.05) is 30.2 Å². The molecule has 0 atom stereocenters. The SMILES string of the molecule is O=C(NCCc1c[nH]c2ccccc12)NCC1(O)CCC1. The zero-order chi connectivity index (χ0) is 14.7. The summed E-state index contributed by atoms with van der Waals surface area (Å²) in [4.78, 5) is 14.9. The van der Waals surface area contributed by atoms with Gasteiger partial charge in [-0.25, -0.2) is 4.79 Å². The number of H-pyrrole nitrogens is 1. The number of aliphatic hydroxyl groups is 1. The third-order valence-electron chi connectivity index (χ3n) is 4.22. The molecule has 4 N–H and O–H groups in total. The fraction of sp³-hybridized carbons (Fsp3) is 0.438. The van der Waals surface area contributed by atoms with E-state index in [2.05, 4.69) is 21.7 Å². The molecule has 0 bridgehead atoms. The zero-order valence-corrected chi connectivity index (χ0v) is 12.0. The second kappa shape index (κ2) is 5.77. The van der Waals surface area contributed by atoms with E-state index in [0.29, 0.717) is 13.1 Å². The summed E-state index contributed by atoms with van der Waals surface area (Å²) in [7, 11) is 0. The van der Waals surface area contributed by atoms with Crippen LogP contribution in [-0.4, -0.2) is 34.8 Å². The number of hydrogen-bond acceptors (Lipinski definition) is 2. The van der Waals surface area contributed by atoms with Gasteiger partial charge in [-0.1, -0.05) is 18.2 Å². The second-order valence-electron chi connectivity index (χ2n) is 5.80. The zero-order valence-electron chi connectivity index (χ0n) is 12.0. The molecule has 2 aromatic rings. The number of nitrogens with one attached hydrogen (secondary N) is 3. The lowest BCUT2D eigenvalue weighted by Crippen LogP contribution is -2.50.